The molecule has 0 fully saturated rings. The minimum absolute atomic E-state index is 1.13. The number of halogens is 1. The number of fused-ring (bicyclic) bond motifs is 1. The average molecular weight is 289 g/mol. The van der Waals surface area contributed by atoms with Crippen LogP contribution in [0.5, 0.6) is 0 Å². The number of aryl methyl sites for hydroxylation is 2. The van der Waals surface area contributed by atoms with E-state index in [1.165, 1.54) is 13.8 Å². The number of nitrogens with zero attached hydrogens (tertiary/aromatic N) is 1. The molecule has 0 spiro atoms. The lowest BCUT2D eigenvalue weighted by Crippen LogP contribution is -1.78. The molecule has 62 valence electrons. The van der Waals surface area contributed by atoms with Gasteiger partial charge in [-0.1, -0.05) is 0 Å². The fourth-order valence-electron chi connectivity index (χ4n) is 1.17. The van der Waals surface area contributed by atoms with Gasteiger partial charge in [0.2, 0.25) is 0 Å². The Bertz CT molecular complexity index is 394. The van der Waals surface area contributed by atoms with E-state index in [1.807, 2.05) is 6.92 Å². The smallest absolute Gasteiger partial charge is 0.0907 e. The van der Waals surface area contributed by atoms with Gasteiger partial charge in [0, 0.05) is 3.57 Å². The van der Waals surface area contributed by atoms with Crippen LogP contribution in [0.15, 0.2) is 12.1 Å². The van der Waals surface area contributed by atoms with E-state index in [0.29, 0.717) is 0 Å². The molecule has 0 amide bonds. The Hall–Kier alpha value is -0.160. The summed E-state index contributed by atoms with van der Waals surface area (Å²) in [6.07, 6.45) is 0. The van der Waals surface area contributed by atoms with Crippen LogP contribution >= 0.6 is 33.9 Å². The Labute approximate surface area is 89.0 Å². The highest BCUT2D eigenvalue weighted by atomic mass is 127. The highest BCUT2D eigenvalue weighted by Crippen LogP contribution is 2.25. The van der Waals surface area contributed by atoms with E-state index < -0.39 is 0 Å². The highest BCUT2D eigenvalue weighted by molar-refractivity contribution is 14.1. The van der Waals surface area contributed by atoms with E-state index >= 15 is 0 Å². The first-order valence-electron chi connectivity index (χ1n) is 3.70. The minimum atomic E-state index is 1.13. The van der Waals surface area contributed by atoms with Crippen molar-refractivity contribution >= 4 is 44.1 Å². The molecule has 1 heterocycles. The SMILES string of the molecule is Cc1nc2cc(I)c(C)cc2s1. The third kappa shape index (κ3) is 1.35. The topological polar surface area (TPSA) is 12.9 Å². The molecule has 0 aliphatic rings. The van der Waals surface area contributed by atoms with E-state index in [-0.39, 0.29) is 0 Å². The van der Waals surface area contributed by atoms with Gasteiger partial charge in [-0.05, 0) is 54.1 Å². The van der Waals surface area contributed by atoms with Crippen LogP contribution in [-0.4, -0.2) is 4.98 Å². The molecule has 0 aliphatic heterocycles. The standard InChI is InChI=1S/C9H8INS/c1-5-3-9-8(4-7(5)10)11-6(2)12-9/h3-4H,1-2H3. The van der Waals surface area contributed by atoms with Crippen LogP contribution in [0.3, 0.4) is 0 Å². The van der Waals surface area contributed by atoms with Crippen molar-refractivity contribution in [3.63, 3.8) is 0 Å². The quantitative estimate of drug-likeness (QED) is 0.676. The summed E-state index contributed by atoms with van der Waals surface area (Å²) in [7, 11) is 0. The summed E-state index contributed by atoms with van der Waals surface area (Å²) in [6, 6.07) is 4.36. The molecule has 0 bridgehead atoms. The summed E-state index contributed by atoms with van der Waals surface area (Å²) in [5.41, 5.74) is 2.47. The Morgan fingerprint density at radius 1 is 1.33 bits per heavy atom. The fourth-order valence-corrected chi connectivity index (χ4v) is 2.52. The summed E-state index contributed by atoms with van der Waals surface area (Å²) in [5.74, 6) is 0. The zero-order chi connectivity index (χ0) is 8.72. The molecule has 2 aromatic rings. The van der Waals surface area contributed by atoms with Gasteiger partial charge >= 0.3 is 0 Å². The summed E-state index contributed by atoms with van der Waals surface area (Å²) in [5, 5.41) is 1.14. The molecule has 1 aromatic heterocycles. The number of hydrogen-bond acceptors (Lipinski definition) is 2. The molecule has 2 rings (SSSR count). The van der Waals surface area contributed by atoms with Crippen molar-refractivity contribution < 1.29 is 0 Å². The Kier molecular flexibility index (Phi) is 2.08. The maximum Gasteiger partial charge on any atom is 0.0907 e. The molecule has 1 aromatic carbocycles. The lowest BCUT2D eigenvalue weighted by Gasteiger charge is -1.95. The van der Waals surface area contributed by atoms with E-state index in [0.717, 1.165) is 10.5 Å². The molecule has 0 saturated carbocycles. The Morgan fingerprint density at radius 2 is 2.08 bits per heavy atom. The summed E-state index contributed by atoms with van der Waals surface area (Å²) in [4.78, 5) is 4.43. The zero-order valence-corrected chi connectivity index (χ0v) is 9.86. The molecule has 0 saturated heterocycles. The second kappa shape index (κ2) is 2.96. The zero-order valence-electron chi connectivity index (χ0n) is 6.89. The first-order chi connectivity index (χ1) is 5.66. The molecule has 0 unspecified atom stereocenters. The lowest BCUT2D eigenvalue weighted by molar-refractivity contribution is 1.34. The molecule has 0 aliphatic carbocycles. The molecule has 12 heavy (non-hydrogen) atoms. The molecule has 0 atom stereocenters. The average Bonchev–Trinajstić information content (AvgIpc) is 2.30. The van der Waals surface area contributed by atoms with Crippen LogP contribution < -0.4 is 0 Å². The summed E-state index contributed by atoms with van der Waals surface area (Å²) >= 11 is 4.11. The first-order valence-corrected chi connectivity index (χ1v) is 5.59. The van der Waals surface area contributed by atoms with Gasteiger partial charge in [0.15, 0.2) is 0 Å². The van der Waals surface area contributed by atoms with Gasteiger partial charge in [-0.25, -0.2) is 4.98 Å². The highest BCUT2D eigenvalue weighted by Gasteiger charge is 2.02. The summed E-state index contributed by atoms with van der Waals surface area (Å²) in [6.45, 7) is 4.18. The van der Waals surface area contributed by atoms with Gasteiger partial charge in [-0.3, -0.25) is 0 Å². The van der Waals surface area contributed by atoms with E-state index in [1.54, 1.807) is 11.3 Å². The fraction of sp³-hybridized carbons (Fsp3) is 0.222. The van der Waals surface area contributed by atoms with Gasteiger partial charge < -0.3 is 0 Å². The van der Waals surface area contributed by atoms with Gasteiger partial charge in [0.05, 0.1) is 15.2 Å². The molecular formula is C9H8INS. The van der Waals surface area contributed by atoms with Gasteiger partial charge in [0.1, 0.15) is 0 Å². The van der Waals surface area contributed by atoms with Gasteiger partial charge in [-0.2, -0.15) is 0 Å². The number of aromatic nitrogens is 1. The van der Waals surface area contributed by atoms with Crippen LogP contribution in [0.1, 0.15) is 10.6 Å². The molecule has 3 heteroatoms. The minimum Gasteiger partial charge on any atom is -0.241 e. The maximum atomic E-state index is 4.43. The number of benzene rings is 1. The van der Waals surface area contributed by atoms with Crippen molar-refractivity contribution in [1.29, 1.82) is 0 Å². The summed E-state index contributed by atoms with van der Waals surface area (Å²) < 4.78 is 2.59. The third-order valence-corrected chi connectivity index (χ3v) is 3.87. The number of rotatable bonds is 0. The lowest BCUT2D eigenvalue weighted by atomic mass is 10.2. The van der Waals surface area contributed by atoms with Crippen LogP contribution in [-0.2, 0) is 0 Å². The maximum absolute atomic E-state index is 4.43. The van der Waals surface area contributed by atoms with Crippen molar-refractivity contribution in [1.82, 2.24) is 4.98 Å². The second-order valence-corrected chi connectivity index (χ2v) is 5.20. The van der Waals surface area contributed by atoms with E-state index in [4.69, 9.17) is 0 Å². The third-order valence-electron chi connectivity index (χ3n) is 1.78. The van der Waals surface area contributed by atoms with E-state index in [2.05, 4.69) is 46.6 Å². The normalized spacial score (nSPS) is 10.9. The predicted octanol–water partition coefficient (Wildman–Crippen LogP) is 3.52. The van der Waals surface area contributed by atoms with Crippen LogP contribution in [0.2, 0.25) is 0 Å². The van der Waals surface area contributed by atoms with Crippen LogP contribution in [0.25, 0.3) is 10.2 Å². The van der Waals surface area contributed by atoms with Crippen molar-refractivity contribution in [3.8, 4) is 0 Å². The van der Waals surface area contributed by atoms with Crippen molar-refractivity contribution in [3.05, 3.63) is 26.3 Å². The number of hydrogen-bond donors (Lipinski definition) is 0. The van der Waals surface area contributed by atoms with Crippen molar-refractivity contribution in [2.75, 3.05) is 0 Å². The monoisotopic (exact) mass is 289 g/mol. The van der Waals surface area contributed by atoms with Gasteiger partial charge in [-0.15, -0.1) is 11.3 Å². The largest absolute Gasteiger partial charge is 0.241 e. The van der Waals surface area contributed by atoms with Crippen LogP contribution in [0.4, 0.5) is 0 Å². The van der Waals surface area contributed by atoms with Crippen molar-refractivity contribution in [2.24, 2.45) is 0 Å². The Balaban J connectivity index is 2.83. The second-order valence-electron chi connectivity index (χ2n) is 2.80. The van der Waals surface area contributed by atoms with E-state index in [9.17, 15) is 0 Å². The molecular weight excluding hydrogens is 281 g/mol. The molecule has 0 radical (unpaired) electrons. The van der Waals surface area contributed by atoms with Crippen molar-refractivity contribution in [2.45, 2.75) is 13.8 Å². The molecule has 1 nitrogen and oxygen atoms in total. The first kappa shape index (κ1) is 8.44. The predicted molar refractivity (Wildman–Crippen MR) is 61.8 cm³/mol. The number of thiazole rings is 1. The molecule has 0 N–H and O–H groups in total. The van der Waals surface area contributed by atoms with Crippen LogP contribution in [0, 0.1) is 17.4 Å². The van der Waals surface area contributed by atoms with Gasteiger partial charge in [0.25, 0.3) is 0 Å². The Morgan fingerprint density at radius 3 is 2.83 bits per heavy atom.